The van der Waals surface area contributed by atoms with E-state index < -0.39 is 30.5 Å². The maximum atomic E-state index is 13.5. The van der Waals surface area contributed by atoms with Crippen molar-refractivity contribution in [2.45, 2.75) is 49.7 Å². The first-order chi connectivity index (χ1) is 13.5. The van der Waals surface area contributed by atoms with Gasteiger partial charge in [0.05, 0.1) is 18.9 Å². The third-order valence-electron chi connectivity index (χ3n) is 5.09. The third kappa shape index (κ3) is 4.56. The quantitative estimate of drug-likeness (QED) is 0.482. The fraction of sp³-hybridized carbons (Fsp3) is 0.579. The van der Waals surface area contributed by atoms with Gasteiger partial charge >= 0.3 is 0 Å². The van der Waals surface area contributed by atoms with Gasteiger partial charge in [0.25, 0.3) is 0 Å². The SMILES string of the molecule is CNCCCC[C@@H]1OC(CO)[C@H](O)C(n2cc(-c3cccc(F)c3)nn2)[C@@H]1O. The molecular formula is C19H27FN4O4. The van der Waals surface area contributed by atoms with Crippen molar-refractivity contribution < 1.29 is 24.4 Å². The van der Waals surface area contributed by atoms with Crippen molar-refractivity contribution in [2.24, 2.45) is 0 Å². The van der Waals surface area contributed by atoms with E-state index in [1.807, 2.05) is 7.05 Å². The van der Waals surface area contributed by atoms with E-state index in [-0.39, 0.29) is 12.4 Å². The Labute approximate surface area is 163 Å². The lowest BCUT2D eigenvalue weighted by molar-refractivity contribution is -0.207. The zero-order chi connectivity index (χ0) is 20.1. The normalized spacial score (nSPS) is 27.8. The number of hydrogen-bond donors (Lipinski definition) is 4. The molecule has 1 aliphatic heterocycles. The molecule has 2 unspecified atom stereocenters. The van der Waals surface area contributed by atoms with E-state index in [1.165, 1.54) is 16.8 Å². The molecule has 1 aliphatic rings. The average molecular weight is 394 g/mol. The van der Waals surface area contributed by atoms with Crippen LogP contribution in [-0.4, -0.2) is 74.9 Å². The minimum Gasteiger partial charge on any atom is -0.394 e. The first kappa shape index (κ1) is 20.8. The number of nitrogens with one attached hydrogen (secondary N) is 1. The Morgan fingerprint density at radius 1 is 1.21 bits per heavy atom. The van der Waals surface area contributed by atoms with Crippen LogP contribution in [0.25, 0.3) is 11.3 Å². The first-order valence-electron chi connectivity index (χ1n) is 9.50. The van der Waals surface area contributed by atoms with Gasteiger partial charge in [-0.1, -0.05) is 17.3 Å². The Hall–Kier alpha value is -1.91. The number of benzene rings is 1. The van der Waals surface area contributed by atoms with Gasteiger partial charge in [-0.2, -0.15) is 0 Å². The molecule has 2 aromatic rings. The molecule has 154 valence electrons. The number of hydrogen-bond acceptors (Lipinski definition) is 7. The molecule has 0 bridgehead atoms. The Bertz CT molecular complexity index is 759. The number of halogens is 1. The predicted molar refractivity (Wildman–Crippen MR) is 100.0 cm³/mol. The van der Waals surface area contributed by atoms with Crippen molar-refractivity contribution in [3.05, 3.63) is 36.3 Å². The minimum absolute atomic E-state index is 0.372. The third-order valence-corrected chi connectivity index (χ3v) is 5.09. The van der Waals surface area contributed by atoms with E-state index in [0.717, 1.165) is 19.4 Å². The van der Waals surface area contributed by atoms with E-state index >= 15 is 0 Å². The average Bonchev–Trinajstić information content (AvgIpc) is 3.16. The fourth-order valence-electron chi connectivity index (χ4n) is 3.58. The van der Waals surface area contributed by atoms with Crippen LogP contribution in [0.3, 0.4) is 0 Å². The van der Waals surface area contributed by atoms with E-state index in [0.29, 0.717) is 17.7 Å². The minimum atomic E-state index is -1.16. The van der Waals surface area contributed by atoms with E-state index in [1.54, 1.807) is 18.3 Å². The molecule has 4 N–H and O–H groups in total. The molecule has 0 amide bonds. The van der Waals surface area contributed by atoms with Crippen molar-refractivity contribution in [2.75, 3.05) is 20.2 Å². The van der Waals surface area contributed by atoms with Crippen LogP contribution < -0.4 is 5.32 Å². The van der Waals surface area contributed by atoms with Crippen LogP contribution in [0.15, 0.2) is 30.5 Å². The molecule has 1 aromatic heterocycles. The molecule has 1 saturated heterocycles. The standard InChI is InChI=1S/C19H27FN4O4/c1-21-8-3-2-7-15-18(26)17(19(27)16(11-25)28-15)24-10-14(22-23-24)12-5-4-6-13(20)9-12/h4-6,9-10,15-19,21,25-27H,2-3,7-8,11H2,1H3/t15-,16?,17?,18+,19-/m0/s1. The highest BCUT2D eigenvalue weighted by molar-refractivity contribution is 5.57. The maximum absolute atomic E-state index is 13.5. The van der Waals surface area contributed by atoms with Crippen LogP contribution in [0.4, 0.5) is 4.39 Å². The summed E-state index contributed by atoms with van der Waals surface area (Å²) in [6.07, 6.45) is 0.360. The second kappa shape index (κ2) is 9.53. The van der Waals surface area contributed by atoms with E-state index in [9.17, 15) is 19.7 Å². The number of aromatic nitrogens is 3. The topological polar surface area (TPSA) is 113 Å². The zero-order valence-corrected chi connectivity index (χ0v) is 15.8. The molecule has 0 aliphatic carbocycles. The zero-order valence-electron chi connectivity index (χ0n) is 15.8. The first-order valence-corrected chi connectivity index (χ1v) is 9.50. The lowest BCUT2D eigenvalue weighted by atomic mass is 9.90. The number of nitrogens with zero attached hydrogens (tertiary/aromatic N) is 3. The molecule has 0 spiro atoms. The Kier molecular flexibility index (Phi) is 7.08. The van der Waals surface area contributed by atoms with Gasteiger partial charge in [-0.15, -0.1) is 5.10 Å². The summed E-state index contributed by atoms with van der Waals surface area (Å²) in [5.41, 5.74) is 0.973. The number of unbranched alkanes of at least 4 members (excludes halogenated alkanes) is 1. The summed E-state index contributed by atoms with van der Waals surface area (Å²) >= 11 is 0. The van der Waals surface area contributed by atoms with Crippen LogP contribution in [0.2, 0.25) is 0 Å². The molecule has 3 rings (SSSR count). The number of aliphatic hydroxyl groups excluding tert-OH is 3. The molecule has 0 radical (unpaired) electrons. The summed E-state index contributed by atoms with van der Waals surface area (Å²) in [4.78, 5) is 0. The smallest absolute Gasteiger partial charge is 0.123 e. The van der Waals surface area contributed by atoms with Gasteiger partial charge in [0.2, 0.25) is 0 Å². The van der Waals surface area contributed by atoms with Gasteiger partial charge in [0.1, 0.15) is 35.9 Å². The summed E-state index contributed by atoms with van der Waals surface area (Å²) in [7, 11) is 1.88. The second-order valence-corrected chi connectivity index (χ2v) is 7.06. The predicted octanol–water partition coefficient (Wildman–Crippen LogP) is 0.496. The summed E-state index contributed by atoms with van der Waals surface area (Å²) in [5.74, 6) is -0.389. The fourth-order valence-corrected chi connectivity index (χ4v) is 3.58. The Balaban J connectivity index is 1.79. The maximum Gasteiger partial charge on any atom is 0.123 e. The number of rotatable bonds is 8. The molecular weight excluding hydrogens is 367 g/mol. The number of ether oxygens (including phenoxy) is 1. The van der Waals surface area contributed by atoms with Crippen molar-refractivity contribution in [1.29, 1.82) is 0 Å². The summed E-state index contributed by atoms with van der Waals surface area (Å²) in [6, 6.07) is 5.13. The summed E-state index contributed by atoms with van der Waals surface area (Å²) in [6.45, 7) is 0.487. The van der Waals surface area contributed by atoms with Gasteiger partial charge in [-0.3, -0.25) is 0 Å². The molecule has 5 atom stereocenters. The highest BCUT2D eigenvalue weighted by Crippen LogP contribution is 2.32. The van der Waals surface area contributed by atoms with Gasteiger partial charge in [-0.05, 0) is 45.0 Å². The summed E-state index contributed by atoms with van der Waals surface area (Å²) < 4.78 is 20.6. The van der Waals surface area contributed by atoms with Crippen LogP contribution in [-0.2, 0) is 4.74 Å². The van der Waals surface area contributed by atoms with E-state index in [2.05, 4.69) is 15.6 Å². The number of aliphatic hydroxyl groups is 3. The van der Waals surface area contributed by atoms with Crippen LogP contribution in [0, 0.1) is 5.82 Å². The molecule has 9 heteroatoms. The molecule has 1 aromatic carbocycles. The monoisotopic (exact) mass is 394 g/mol. The largest absolute Gasteiger partial charge is 0.394 e. The molecule has 8 nitrogen and oxygen atoms in total. The highest BCUT2D eigenvalue weighted by atomic mass is 19.1. The van der Waals surface area contributed by atoms with Crippen molar-refractivity contribution in [3.8, 4) is 11.3 Å². The van der Waals surface area contributed by atoms with Gasteiger partial charge in [0, 0.05) is 5.56 Å². The van der Waals surface area contributed by atoms with Crippen LogP contribution in [0.5, 0.6) is 0 Å². The van der Waals surface area contributed by atoms with Gasteiger partial charge < -0.3 is 25.4 Å². The van der Waals surface area contributed by atoms with Crippen LogP contribution in [0.1, 0.15) is 25.3 Å². The molecule has 1 fully saturated rings. The van der Waals surface area contributed by atoms with Crippen molar-refractivity contribution >= 4 is 0 Å². The summed E-state index contributed by atoms with van der Waals surface area (Å²) in [5, 5.41) is 42.2. The van der Waals surface area contributed by atoms with Crippen molar-refractivity contribution in [3.63, 3.8) is 0 Å². The highest BCUT2D eigenvalue weighted by Gasteiger charge is 2.45. The van der Waals surface area contributed by atoms with Crippen LogP contribution >= 0.6 is 0 Å². The van der Waals surface area contributed by atoms with E-state index in [4.69, 9.17) is 4.74 Å². The van der Waals surface area contributed by atoms with Crippen molar-refractivity contribution in [1.82, 2.24) is 20.3 Å². The Morgan fingerprint density at radius 3 is 2.71 bits per heavy atom. The Morgan fingerprint density at radius 2 is 2.00 bits per heavy atom. The van der Waals surface area contributed by atoms with Gasteiger partial charge in [-0.25, -0.2) is 9.07 Å². The lowest BCUT2D eigenvalue weighted by Gasteiger charge is -2.42. The lowest BCUT2D eigenvalue weighted by Crippen LogP contribution is -2.55. The molecule has 28 heavy (non-hydrogen) atoms. The molecule has 2 heterocycles. The molecule has 0 saturated carbocycles. The second-order valence-electron chi connectivity index (χ2n) is 7.06. The van der Waals surface area contributed by atoms with Gasteiger partial charge in [0.15, 0.2) is 0 Å².